The number of nitrogens with zero attached hydrogens (tertiary/aromatic N) is 1. The monoisotopic (exact) mass is 300 g/mol. The second kappa shape index (κ2) is 5.75. The molecule has 0 spiro atoms. The summed E-state index contributed by atoms with van der Waals surface area (Å²) in [5, 5.41) is 2.65. The predicted octanol–water partition coefficient (Wildman–Crippen LogP) is 1.84. The summed E-state index contributed by atoms with van der Waals surface area (Å²) in [6, 6.07) is 0. The van der Waals surface area contributed by atoms with Crippen LogP contribution in [0.15, 0.2) is 46.8 Å². The van der Waals surface area contributed by atoms with Crippen LogP contribution < -0.4 is 5.32 Å². The summed E-state index contributed by atoms with van der Waals surface area (Å²) >= 11 is 0. The van der Waals surface area contributed by atoms with Crippen LogP contribution in [0.3, 0.4) is 0 Å². The van der Waals surface area contributed by atoms with E-state index in [9.17, 15) is 14.4 Å². The molecule has 0 bridgehead atoms. The molecule has 1 N–H and O–H groups in total. The number of Topliss-reactive ketones (excluding diaryl/α,β-unsaturated/α-hetero) is 1. The van der Waals surface area contributed by atoms with Crippen molar-refractivity contribution in [1.29, 1.82) is 0 Å². The van der Waals surface area contributed by atoms with Gasteiger partial charge in [0.2, 0.25) is 17.6 Å². The SMILES string of the molecule is C=C1C=C(NC(=O)C(C)C)C(=O)C2=C1N(C)C(=O)CC=C2C. The predicted molar refractivity (Wildman–Crippen MR) is 83.4 cm³/mol. The van der Waals surface area contributed by atoms with Gasteiger partial charge in [0.05, 0.1) is 17.0 Å². The highest BCUT2D eigenvalue weighted by molar-refractivity contribution is 6.15. The number of rotatable bonds is 2. The normalized spacial score (nSPS) is 19.0. The quantitative estimate of drug-likeness (QED) is 0.846. The third-order valence-corrected chi connectivity index (χ3v) is 3.80. The molecule has 0 radical (unpaired) electrons. The van der Waals surface area contributed by atoms with Crippen molar-refractivity contribution in [3.05, 3.63) is 46.8 Å². The molecule has 116 valence electrons. The van der Waals surface area contributed by atoms with Gasteiger partial charge in [0.15, 0.2) is 0 Å². The van der Waals surface area contributed by atoms with Crippen molar-refractivity contribution in [2.24, 2.45) is 5.92 Å². The fourth-order valence-electron chi connectivity index (χ4n) is 2.43. The molecular weight excluding hydrogens is 280 g/mol. The molecule has 2 aliphatic rings. The summed E-state index contributed by atoms with van der Waals surface area (Å²) in [4.78, 5) is 38.1. The van der Waals surface area contributed by atoms with E-state index in [4.69, 9.17) is 0 Å². The van der Waals surface area contributed by atoms with Gasteiger partial charge in [-0.3, -0.25) is 14.4 Å². The van der Waals surface area contributed by atoms with E-state index in [0.717, 1.165) is 5.57 Å². The molecule has 0 fully saturated rings. The van der Waals surface area contributed by atoms with Gasteiger partial charge in [0.25, 0.3) is 0 Å². The van der Waals surface area contributed by atoms with Crippen molar-refractivity contribution in [3.8, 4) is 0 Å². The highest BCUT2D eigenvalue weighted by Gasteiger charge is 2.32. The lowest BCUT2D eigenvalue weighted by molar-refractivity contribution is -0.127. The molecule has 0 aromatic rings. The van der Waals surface area contributed by atoms with Crippen molar-refractivity contribution in [3.63, 3.8) is 0 Å². The summed E-state index contributed by atoms with van der Waals surface area (Å²) in [5.41, 5.74) is 2.42. The molecule has 2 rings (SSSR count). The van der Waals surface area contributed by atoms with Crippen LogP contribution in [0.4, 0.5) is 0 Å². The fourth-order valence-corrected chi connectivity index (χ4v) is 2.43. The maximum absolute atomic E-state index is 12.7. The van der Waals surface area contributed by atoms with E-state index < -0.39 is 0 Å². The minimum absolute atomic E-state index is 0.0960. The maximum atomic E-state index is 12.7. The Labute approximate surface area is 130 Å². The first kappa shape index (κ1) is 15.9. The summed E-state index contributed by atoms with van der Waals surface area (Å²) in [6.07, 6.45) is 3.51. The number of likely N-dealkylation sites (N-methyl/N-ethyl adjacent to an activating group) is 1. The zero-order valence-corrected chi connectivity index (χ0v) is 13.3. The zero-order valence-electron chi connectivity index (χ0n) is 13.3. The van der Waals surface area contributed by atoms with Crippen molar-refractivity contribution < 1.29 is 14.4 Å². The zero-order chi connectivity index (χ0) is 16.6. The molecule has 0 atom stereocenters. The van der Waals surface area contributed by atoms with E-state index in [0.29, 0.717) is 16.8 Å². The fraction of sp³-hybridized carbons (Fsp3) is 0.353. The number of carbonyl (C=O) groups excluding carboxylic acids is 3. The van der Waals surface area contributed by atoms with E-state index in [1.165, 1.54) is 11.0 Å². The van der Waals surface area contributed by atoms with E-state index in [1.54, 1.807) is 33.9 Å². The van der Waals surface area contributed by atoms with Crippen molar-refractivity contribution in [2.75, 3.05) is 7.05 Å². The van der Waals surface area contributed by atoms with Gasteiger partial charge in [0, 0.05) is 19.4 Å². The second-order valence-corrected chi connectivity index (χ2v) is 5.82. The Bertz CT molecular complexity index is 678. The van der Waals surface area contributed by atoms with Crippen LogP contribution in [0.5, 0.6) is 0 Å². The molecule has 0 saturated carbocycles. The average Bonchev–Trinajstić information content (AvgIpc) is 2.56. The lowest BCUT2D eigenvalue weighted by Gasteiger charge is -2.27. The van der Waals surface area contributed by atoms with Gasteiger partial charge in [-0.05, 0) is 24.1 Å². The highest BCUT2D eigenvalue weighted by Crippen LogP contribution is 2.33. The Kier molecular flexibility index (Phi) is 4.17. The first-order chi connectivity index (χ1) is 10.2. The van der Waals surface area contributed by atoms with Gasteiger partial charge in [0.1, 0.15) is 0 Å². The average molecular weight is 300 g/mol. The number of carbonyl (C=O) groups is 3. The van der Waals surface area contributed by atoms with Gasteiger partial charge >= 0.3 is 0 Å². The van der Waals surface area contributed by atoms with Crippen molar-refractivity contribution >= 4 is 17.6 Å². The van der Waals surface area contributed by atoms with Crippen LogP contribution >= 0.6 is 0 Å². The smallest absolute Gasteiger partial charge is 0.230 e. The Morgan fingerprint density at radius 3 is 2.59 bits per heavy atom. The van der Waals surface area contributed by atoms with Gasteiger partial charge in [-0.15, -0.1) is 0 Å². The van der Waals surface area contributed by atoms with Gasteiger partial charge in [-0.1, -0.05) is 26.5 Å². The van der Waals surface area contributed by atoms with Gasteiger partial charge < -0.3 is 10.2 Å². The number of ketones is 1. The minimum Gasteiger partial charge on any atom is -0.323 e. The molecule has 0 unspecified atom stereocenters. The number of hydrogen-bond donors (Lipinski definition) is 1. The third kappa shape index (κ3) is 2.66. The topological polar surface area (TPSA) is 66.5 Å². The van der Waals surface area contributed by atoms with E-state index in [2.05, 4.69) is 11.9 Å². The number of nitrogens with one attached hydrogen (secondary N) is 1. The maximum Gasteiger partial charge on any atom is 0.230 e. The molecular formula is C17H20N2O3. The third-order valence-electron chi connectivity index (χ3n) is 3.80. The van der Waals surface area contributed by atoms with Crippen LogP contribution in [0.2, 0.25) is 0 Å². The van der Waals surface area contributed by atoms with E-state index >= 15 is 0 Å². The first-order valence-corrected chi connectivity index (χ1v) is 7.18. The molecule has 1 aliphatic heterocycles. The molecule has 0 saturated heterocycles. The molecule has 1 heterocycles. The number of hydrogen-bond acceptors (Lipinski definition) is 3. The summed E-state index contributed by atoms with van der Waals surface area (Å²) in [7, 11) is 1.63. The van der Waals surface area contributed by atoms with E-state index in [1.807, 2.05) is 0 Å². The Hall–Kier alpha value is -2.43. The summed E-state index contributed by atoms with van der Waals surface area (Å²) in [5.74, 6) is -0.837. The largest absolute Gasteiger partial charge is 0.323 e. The molecule has 1 aliphatic carbocycles. The highest BCUT2D eigenvalue weighted by atomic mass is 16.2. The molecule has 22 heavy (non-hydrogen) atoms. The number of amides is 2. The van der Waals surface area contributed by atoms with Crippen LogP contribution in [0.1, 0.15) is 27.2 Å². The van der Waals surface area contributed by atoms with Crippen LogP contribution in [-0.4, -0.2) is 29.5 Å². The first-order valence-electron chi connectivity index (χ1n) is 7.18. The van der Waals surface area contributed by atoms with Gasteiger partial charge in [-0.2, -0.15) is 0 Å². The molecule has 2 amide bonds. The molecule has 0 aromatic carbocycles. The molecule has 5 nitrogen and oxygen atoms in total. The lowest BCUT2D eigenvalue weighted by Crippen LogP contribution is -2.35. The minimum atomic E-state index is -0.285. The van der Waals surface area contributed by atoms with Crippen LogP contribution in [-0.2, 0) is 14.4 Å². The lowest BCUT2D eigenvalue weighted by atomic mass is 9.90. The molecule has 5 heteroatoms. The molecule has 0 aromatic heterocycles. The van der Waals surface area contributed by atoms with Gasteiger partial charge in [-0.25, -0.2) is 0 Å². The Balaban J connectivity index is 2.47. The van der Waals surface area contributed by atoms with Crippen LogP contribution in [0, 0.1) is 5.92 Å². The van der Waals surface area contributed by atoms with Crippen molar-refractivity contribution in [2.45, 2.75) is 27.2 Å². The number of allylic oxidation sites excluding steroid dienone is 3. The second-order valence-electron chi connectivity index (χ2n) is 5.82. The van der Waals surface area contributed by atoms with Crippen molar-refractivity contribution in [1.82, 2.24) is 10.2 Å². The standard InChI is InChI=1S/C17H20N2O3/c1-9(2)17(22)18-12-8-11(4)15-14(16(12)21)10(3)6-7-13(20)19(15)5/h6,8-9H,4,7H2,1-3,5H3,(H,18,22). The van der Waals surface area contributed by atoms with E-state index in [-0.39, 0.29) is 35.6 Å². The summed E-state index contributed by atoms with van der Waals surface area (Å²) in [6.45, 7) is 9.24. The van der Waals surface area contributed by atoms with Crippen LogP contribution in [0.25, 0.3) is 0 Å². The Morgan fingerprint density at radius 1 is 1.36 bits per heavy atom. The summed E-state index contributed by atoms with van der Waals surface area (Å²) < 4.78 is 0. The Morgan fingerprint density at radius 2 is 2.00 bits per heavy atom.